The maximum Gasteiger partial charge on any atom is 0.123 e. The van der Waals surface area contributed by atoms with Gasteiger partial charge in [0.2, 0.25) is 0 Å². The molecule has 0 aromatic heterocycles. The average molecular weight is 417 g/mol. The molecule has 0 saturated heterocycles. The first kappa shape index (κ1) is 26.1. The Kier molecular flexibility index (Phi) is 14.7. The van der Waals surface area contributed by atoms with E-state index in [4.69, 9.17) is 4.74 Å². The van der Waals surface area contributed by atoms with Crippen molar-refractivity contribution in [3.63, 3.8) is 0 Å². The van der Waals surface area contributed by atoms with E-state index in [-0.39, 0.29) is 5.82 Å². The SMILES string of the molecule is CC.CCCCN(CCCC)CCNCc1ccc(OCc2ccc(F)cc2)cc1. The molecule has 2 aromatic carbocycles. The summed E-state index contributed by atoms with van der Waals surface area (Å²) in [5, 5.41) is 3.55. The monoisotopic (exact) mass is 416 g/mol. The molecule has 0 amide bonds. The fourth-order valence-corrected chi connectivity index (χ4v) is 3.02. The third-order valence-electron chi connectivity index (χ3n) is 4.83. The van der Waals surface area contributed by atoms with E-state index in [0.29, 0.717) is 6.61 Å². The molecule has 0 saturated carbocycles. The Hall–Kier alpha value is -1.91. The molecule has 0 atom stereocenters. The zero-order valence-corrected chi connectivity index (χ0v) is 19.4. The number of ether oxygens (including phenoxy) is 1. The zero-order valence-electron chi connectivity index (χ0n) is 19.4. The molecule has 0 fully saturated rings. The molecule has 3 nitrogen and oxygen atoms in total. The minimum atomic E-state index is -0.223. The molecule has 0 spiro atoms. The molecule has 0 unspecified atom stereocenters. The predicted molar refractivity (Wildman–Crippen MR) is 126 cm³/mol. The van der Waals surface area contributed by atoms with Gasteiger partial charge in [0.25, 0.3) is 0 Å². The minimum absolute atomic E-state index is 0.223. The summed E-state index contributed by atoms with van der Waals surface area (Å²) >= 11 is 0. The number of halogens is 1. The molecule has 30 heavy (non-hydrogen) atoms. The van der Waals surface area contributed by atoms with Crippen molar-refractivity contribution in [3.05, 3.63) is 65.5 Å². The van der Waals surface area contributed by atoms with Crippen molar-refractivity contribution in [1.82, 2.24) is 10.2 Å². The van der Waals surface area contributed by atoms with E-state index < -0.39 is 0 Å². The van der Waals surface area contributed by atoms with Gasteiger partial charge in [-0.15, -0.1) is 0 Å². The molecule has 4 heteroatoms. The van der Waals surface area contributed by atoms with E-state index in [9.17, 15) is 4.39 Å². The highest BCUT2D eigenvalue weighted by atomic mass is 19.1. The molecule has 0 aliphatic heterocycles. The fraction of sp³-hybridized carbons (Fsp3) is 0.538. The number of unbranched alkanes of at least 4 members (excludes halogenated alkanes) is 2. The summed E-state index contributed by atoms with van der Waals surface area (Å²) in [5.74, 6) is 0.609. The molecule has 2 aromatic rings. The van der Waals surface area contributed by atoms with E-state index >= 15 is 0 Å². The average Bonchev–Trinajstić information content (AvgIpc) is 2.79. The van der Waals surface area contributed by atoms with Gasteiger partial charge >= 0.3 is 0 Å². The lowest BCUT2D eigenvalue weighted by atomic mass is 10.2. The highest BCUT2D eigenvalue weighted by Crippen LogP contribution is 2.14. The number of nitrogens with zero attached hydrogens (tertiary/aromatic N) is 1. The fourth-order valence-electron chi connectivity index (χ4n) is 3.02. The van der Waals surface area contributed by atoms with Crippen molar-refractivity contribution in [2.24, 2.45) is 0 Å². The lowest BCUT2D eigenvalue weighted by molar-refractivity contribution is 0.264. The molecule has 168 valence electrons. The van der Waals surface area contributed by atoms with Crippen LogP contribution in [0.3, 0.4) is 0 Å². The summed E-state index contributed by atoms with van der Waals surface area (Å²) in [7, 11) is 0. The first-order valence-corrected chi connectivity index (χ1v) is 11.6. The Bertz CT molecular complexity index is 635. The van der Waals surface area contributed by atoms with Gasteiger partial charge in [-0.05, 0) is 61.3 Å². The molecule has 0 aliphatic carbocycles. The van der Waals surface area contributed by atoms with Crippen molar-refractivity contribution < 1.29 is 9.13 Å². The van der Waals surface area contributed by atoms with Gasteiger partial charge in [-0.1, -0.05) is 64.8 Å². The van der Waals surface area contributed by atoms with Crippen LogP contribution in [0.25, 0.3) is 0 Å². The molecule has 0 bridgehead atoms. The van der Waals surface area contributed by atoms with Gasteiger partial charge in [0, 0.05) is 19.6 Å². The summed E-state index contributed by atoms with van der Waals surface area (Å²) in [6.07, 6.45) is 5.07. The third-order valence-corrected chi connectivity index (χ3v) is 4.83. The van der Waals surface area contributed by atoms with Crippen LogP contribution in [-0.2, 0) is 13.2 Å². The van der Waals surface area contributed by atoms with Gasteiger partial charge in [-0.25, -0.2) is 4.39 Å². The Morgan fingerprint density at radius 2 is 1.37 bits per heavy atom. The Morgan fingerprint density at radius 1 is 0.800 bits per heavy atom. The molecule has 0 radical (unpaired) electrons. The summed E-state index contributed by atoms with van der Waals surface area (Å²) in [4.78, 5) is 2.58. The largest absolute Gasteiger partial charge is 0.489 e. The minimum Gasteiger partial charge on any atom is -0.489 e. The molecule has 2 rings (SSSR count). The van der Waals surface area contributed by atoms with E-state index in [1.165, 1.54) is 56.5 Å². The second-order valence-electron chi connectivity index (χ2n) is 7.28. The van der Waals surface area contributed by atoms with Crippen molar-refractivity contribution in [1.29, 1.82) is 0 Å². The summed E-state index contributed by atoms with van der Waals surface area (Å²) in [5.41, 5.74) is 2.21. The van der Waals surface area contributed by atoms with Crippen molar-refractivity contribution in [3.8, 4) is 5.75 Å². The highest BCUT2D eigenvalue weighted by molar-refractivity contribution is 5.27. The maximum atomic E-state index is 12.9. The van der Waals surface area contributed by atoms with Crippen LogP contribution < -0.4 is 10.1 Å². The number of hydrogen-bond donors (Lipinski definition) is 1. The van der Waals surface area contributed by atoms with Crippen molar-refractivity contribution in [2.45, 2.75) is 66.5 Å². The lowest BCUT2D eigenvalue weighted by Gasteiger charge is -2.22. The number of hydrogen-bond acceptors (Lipinski definition) is 3. The van der Waals surface area contributed by atoms with Crippen LogP contribution in [-0.4, -0.2) is 31.1 Å². The van der Waals surface area contributed by atoms with Gasteiger partial charge in [0.1, 0.15) is 18.2 Å². The first-order chi connectivity index (χ1) is 14.7. The third kappa shape index (κ3) is 11.3. The quantitative estimate of drug-likeness (QED) is 0.360. The topological polar surface area (TPSA) is 24.5 Å². The van der Waals surface area contributed by atoms with Gasteiger partial charge in [-0.2, -0.15) is 0 Å². The Balaban J connectivity index is 0.00000218. The number of nitrogens with one attached hydrogen (secondary N) is 1. The molecular weight excluding hydrogens is 375 g/mol. The smallest absolute Gasteiger partial charge is 0.123 e. The molecular formula is C26H41FN2O. The van der Waals surface area contributed by atoms with Crippen LogP contribution in [0.4, 0.5) is 4.39 Å². The van der Waals surface area contributed by atoms with E-state index in [2.05, 4.69) is 36.2 Å². The van der Waals surface area contributed by atoms with E-state index in [1.54, 1.807) is 12.1 Å². The number of benzene rings is 2. The normalized spacial score (nSPS) is 10.6. The standard InChI is InChI=1S/C24H35FN2O.C2H6/c1-3-5-16-27(17-6-4-2)18-15-26-19-21-9-13-24(14-10-21)28-20-22-7-11-23(25)12-8-22;1-2/h7-14,26H,3-6,15-20H2,1-2H3;1-2H3. The molecule has 0 aliphatic rings. The lowest BCUT2D eigenvalue weighted by Crippen LogP contribution is -2.33. The summed E-state index contributed by atoms with van der Waals surface area (Å²) < 4.78 is 18.7. The molecule has 0 heterocycles. The van der Waals surface area contributed by atoms with Crippen LogP contribution in [0.15, 0.2) is 48.5 Å². The van der Waals surface area contributed by atoms with Gasteiger partial charge < -0.3 is 15.0 Å². The Labute approximate surface area is 183 Å². The van der Waals surface area contributed by atoms with Gasteiger partial charge in [-0.3, -0.25) is 0 Å². The van der Waals surface area contributed by atoms with Crippen molar-refractivity contribution >= 4 is 0 Å². The number of rotatable bonds is 14. The second kappa shape index (κ2) is 16.8. The summed E-state index contributed by atoms with van der Waals surface area (Å²) in [6.45, 7) is 14.4. The van der Waals surface area contributed by atoms with Crippen LogP contribution >= 0.6 is 0 Å². The second-order valence-corrected chi connectivity index (χ2v) is 7.28. The summed E-state index contributed by atoms with van der Waals surface area (Å²) in [6, 6.07) is 14.6. The van der Waals surface area contributed by atoms with Crippen LogP contribution in [0.1, 0.15) is 64.5 Å². The maximum absolute atomic E-state index is 12.9. The van der Waals surface area contributed by atoms with E-state index in [0.717, 1.165) is 30.9 Å². The van der Waals surface area contributed by atoms with Crippen LogP contribution in [0.2, 0.25) is 0 Å². The van der Waals surface area contributed by atoms with Crippen LogP contribution in [0.5, 0.6) is 5.75 Å². The van der Waals surface area contributed by atoms with Crippen molar-refractivity contribution in [2.75, 3.05) is 26.2 Å². The predicted octanol–water partition coefficient (Wildman–Crippen LogP) is 6.42. The Morgan fingerprint density at radius 3 is 1.93 bits per heavy atom. The van der Waals surface area contributed by atoms with Crippen LogP contribution in [0, 0.1) is 5.82 Å². The zero-order chi connectivity index (χ0) is 22.0. The highest BCUT2D eigenvalue weighted by Gasteiger charge is 2.03. The molecule has 1 N–H and O–H groups in total. The van der Waals surface area contributed by atoms with E-state index in [1.807, 2.05) is 26.0 Å². The van der Waals surface area contributed by atoms with Gasteiger partial charge in [0.05, 0.1) is 0 Å². The first-order valence-electron chi connectivity index (χ1n) is 11.6. The van der Waals surface area contributed by atoms with Gasteiger partial charge in [0.15, 0.2) is 0 Å².